The highest BCUT2D eigenvalue weighted by Gasteiger charge is 2.21. The van der Waals surface area contributed by atoms with Crippen molar-refractivity contribution in [2.45, 2.75) is 6.42 Å². The van der Waals surface area contributed by atoms with Crippen LogP contribution in [0.1, 0.15) is 5.56 Å². The summed E-state index contributed by atoms with van der Waals surface area (Å²) in [6, 6.07) is 12.4. The third kappa shape index (κ3) is 3.88. The molecule has 0 aromatic heterocycles. The normalized spacial score (nSPS) is 13.3. The number of methoxy groups -OCH3 is 2. The Hall–Kier alpha value is -3.22. The van der Waals surface area contributed by atoms with E-state index in [9.17, 15) is 9.59 Å². The average molecular weight is 355 g/mol. The highest BCUT2D eigenvalue weighted by atomic mass is 16.5. The minimum absolute atomic E-state index is 0.128. The first kappa shape index (κ1) is 17.6. The van der Waals surface area contributed by atoms with Gasteiger partial charge in [-0.15, -0.1) is 0 Å². The van der Waals surface area contributed by atoms with Crippen LogP contribution in [-0.4, -0.2) is 39.2 Å². The fourth-order valence-corrected chi connectivity index (χ4v) is 2.85. The summed E-state index contributed by atoms with van der Waals surface area (Å²) in [5.74, 6) is 1.10. The molecule has 7 heteroatoms. The lowest BCUT2D eigenvalue weighted by Gasteiger charge is -2.16. The predicted octanol–water partition coefficient (Wildman–Crippen LogP) is 2.41. The van der Waals surface area contributed by atoms with E-state index in [-0.39, 0.29) is 18.4 Å². The monoisotopic (exact) mass is 355 g/mol. The van der Waals surface area contributed by atoms with Gasteiger partial charge in [-0.1, -0.05) is 12.1 Å². The van der Waals surface area contributed by atoms with Crippen LogP contribution in [0.3, 0.4) is 0 Å². The van der Waals surface area contributed by atoms with Gasteiger partial charge in [0.1, 0.15) is 11.5 Å². The minimum atomic E-state index is -0.170. The summed E-state index contributed by atoms with van der Waals surface area (Å²) in [7, 11) is 3.13. The maximum absolute atomic E-state index is 12.4. The molecule has 2 aromatic carbocycles. The molecule has 1 aliphatic heterocycles. The standard InChI is InChI=1S/C19H21N3O4/c1-25-16-7-6-13(17(12-16)26-2)10-18(23)21-14-4-3-5-15(11-14)22-9-8-20-19(22)24/h3-7,11-12H,8-10H2,1-2H3,(H,20,24)(H,21,23). The molecule has 136 valence electrons. The smallest absolute Gasteiger partial charge is 0.321 e. The van der Waals surface area contributed by atoms with Crippen molar-refractivity contribution in [3.8, 4) is 11.5 Å². The van der Waals surface area contributed by atoms with Gasteiger partial charge in [0.15, 0.2) is 0 Å². The van der Waals surface area contributed by atoms with E-state index in [4.69, 9.17) is 9.47 Å². The van der Waals surface area contributed by atoms with Crippen molar-refractivity contribution in [1.82, 2.24) is 5.32 Å². The van der Waals surface area contributed by atoms with Crippen LogP contribution in [0.4, 0.5) is 16.2 Å². The van der Waals surface area contributed by atoms with Gasteiger partial charge in [0.05, 0.1) is 20.6 Å². The van der Waals surface area contributed by atoms with Crippen LogP contribution in [0, 0.1) is 0 Å². The molecule has 2 N–H and O–H groups in total. The number of hydrogen-bond donors (Lipinski definition) is 2. The highest BCUT2D eigenvalue weighted by molar-refractivity contribution is 5.96. The summed E-state index contributed by atoms with van der Waals surface area (Å²) in [5.41, 5.74) is 2.15. The Morgan fingerprint density at radius 3 is 2.73 bits per heavy atom. The topological polar surface area (TPSA) is 79.9 Å². The van der Waals surface area contributed by atoms with Crippen molar-refractivity contribution < 1.29 is 19.1 Å². The van der Waals surface area contributed by atoms with Gasteiger partial charge in [-0.05, 0) is 24.3 Å². The molecule has 2 aromatic rings. The van der Waals surface area contributed by atoms with Gasteiger partial charge in [-0.3, -0.25) is 9.69 Å². The maximum atomic E-state index is 12.4. The van der Waals surface area contributed by atoms with Gasteiger partial charge < -0.3 is 20.1 Å². The molecule has 0 aliphatic carbocycles. The third-order valence-corrected chi connectivity index (χ3v) is 4.14. The van der Waals surface area contributed by atoms with Crippen LogP contribution >= 0.6 is 0 Å². The molecule has 3 rings (SSSR count). The Bertz CT molecular complexity index is 822. The van der Waals surface area contributed by atoms with Crippen molar-refractivity contribution in [1.29, 1.82) is 0 Å². The van der Waals surface area contributed by atoms with E-state index in [1.165, 1.54) is 0 Å². The Labute approximate surface area is 151 Å². The Morgan fingerprint density at radius 1 is 1.19 bits per heavy atom. The summed E-state index contributed by atoms with van der Waals surface area (Å²) in [6.45, 7) is 1.23. The number of nitrogens with zero attached hydrogens (tertiary/aromatic N) is 1. The van der Waals surface area contributed by atoms with Crippen molar-refractivity contribution in [3.63, 3.8) is 0 Å². The Morgan fingerprint density at radius 2 is 2.04 bits per heavy atom. The molecule has 1 saturated heterocycles. The largest absolute Gasteiger partial charge is 0.497 e. The Kier molecular flexibility index (Phi) is 5.26. The van der Waals surface area contributed by atoms with Crippen molar-refractivity contribution in [3.05, 3.63) is 48.0 Å². The first-order valence-electron chi connectivity index (χ1n) is 8.27. The number of amides is 3. The fourth-order valence-electron chi connectivity index (χ4n) is 2.85. The zero-order valence-electron chi connectivity index (χ0n) is 14.7. The molecule has 0 atom stereocenters. The molecule has 1 fully saturated rings. The second kappa shape index (κ2) is 7.77. The average Bonchev–Trinajstić information content (AvgIpc) is 3.08. The molecular weight excluding hydrogens is 334 g/mol. The number of urea groups is 1. The lowest BCUT2D eigenvalue weighted by molar-refractivity contribution is -0.115. The second-order valence-electron chi connectivity index (χ2n) is 5.84. The van der Waals surface area contributed by atoms with Crippen LogP contribution in [0.2, 0.25) is 0 Å². The third-order valence-electron chi connectivity index (χ3n) is 4.14. The zero-order valence-corrected chi connectivity index (χ0v) is 14.7. The molecule has 1 aliphatic rings. The molecule has 0 saturated carbocycles. The molecule has 0 unspecified atom stereocenters. The van der Waals surface area contributed by atoms with E-state index < -0.39 is 0 Å². The molecule has 0 bridgehead atoms. The number of carbonyl (C=O) groups excluding carboxylic acids is 2. The number of ether oxygens (including phenoxy) is 2. The van der Waals surface area contributed by atoms with Crippen molar-refractivity contribution in [2.24, 2.45) is 0 Å². The summed E-state index contributed by atoms with van der Waals surface area (Å²) in [4.78, 5) is 25.8. The second-order valence-corrected chi connectivity index (χ2v) is 5.84. The van der Waals surface area contributed by atoms with Gasteiger partial charge in [0, 0.05) is 36.1 Å². The molecule has 7 nitrogen and oxygen atoms in total. The first-order chi connectivity index (χ1) is 12.6. The number of carbonyl (C=O) groups is 2. The van der Waals surface area contributed by atoms with E-state index in [0.29, 0.717) is 30.3 Å². The van der Waals surface area contributed by atoms with Crippen LogP contribution in [0.25, 0.3) is 0 Å². The van der Waals surface area contributed by atoms with E-state index in [1.54, 1.807) is 43.4 Å². The van der Waals surface area contributed by atoms with Crippen LogP contribution in [0.5, 0.6) is 11.5 Å². The van der Waals surface area contributed by atoms with Gasteiger partial charge in [0.25, 0.3) is 0 Å². The van der Waals surface area contributed by atoms with Gasteiger partial charge in [-0.25, -0.2) is 4.79 Å². The SMILES string of the molecule is COc1ccc(CC(=O)Nc2cccc(N3CCNC3=O)c2)c(OC)c1. The molecule has 0 radical (unpaired) electrons. The van der Waals surface area contributed by atoms with E-state index in [0.717, 1.165) is 11.3 Å². The van der Waals surface area contributed by atoms with E-state index >= 15 is 0 Å². The summed E-state index contributed by atoms with van der Waals surface area (Å²) in [5, 5.41) is 5.62. The number of hydrogen-bond acceptors (Lipinski definition) is 4. The summed E-state index contributed by atoms with van der Waals surface area (Å²) in [6.07, 6.45) is 0.168. The van der Waals surface area contributed by atoms with Crippen LogP contribution in [-0.2, 0) is 11.2 Å². The van der Waals surface area contributed by atoms with Gasteiger partial charge in [0.2, 0.25) is 5.91 Å². The number of nitrogens with one attached hydrogen (secondary N) is 2. The molecule has 3 amide bonds. The zero-order chi connectivity index (χ0) is 18.5. The molecule has 26 heavy (non-hydrogen) atoms. The van der Waals surface area contributed by atoms with Crippen molar-refractivity contribution in [2.75, 3.05) is 37.5 Å². The van der Waals surface area contributed by atoms with Gasteiger partial charge >= 0.3 is 6.03 Å². The first-order valence-corrected chi connectivity index (χ1v) is 8.27. The highest BCUT2D eigenvalue weighted by Crippen LogP contribution is 2.26. The number of rotatable bonds is 6. The fraction of sp³-hybridized carbons (Fsp3) is 0.263. The van der Waals surface area contributed by atoms with Crippen LogP contribution in [0.15, 0.2) is 42.5 Å². The number of anilines is 2. The minimum Gasteiger partial charge on any atom is -0.497 e. The van der Waals surface area contributed by atoms with Crippen LogP contribution < -0.4 is 25.0 Å². The maximum Gasteiger partial charge on any atom is 0.321 e. The Balaban J connectivity index is 1.70. The lowest BCUT2D eigenvalue weighted by atomic mass is 10.1. The van der Waals surface area contributed by atoms with Crippen molar-refractivity contribution >= 4 is 23.3 Å². The summed E-state index contributed by atoms with van der Waals surface area (Å²) >= 11 is 0. The molecule has 1 heterocycles. The van der Waals surface area contributed by atoms with E-state index in [1.807, 2.05) is 18.2 Å². The molecule has 0 spiro atoms. The van der Waals surface area contributed by atoms with E-state index in [2.05, 4.69) is 10.6 Å². The van der Waals surface area contributed by atoms with Gasteiger partial charge in [-0.2, -0.15) is 0 Å². The lowest BCUT2D eigenvalue weighted by Crippen LogP contribution is -2.27. The molecular formula is C19H21N3O4. The predicted molar refractivity (Wildman–Crippen MR) is 99.1 cm³/mol. The quantitative estimate of drug-likeness (QED) is 0.834. The summed E-state index contributed by atoms with van der Waals surface area (Å²) < 4.78 is 10.5. The number of benzene rings is 2.